The van der Waals surface area contributed by atoms with Crippen LogP contribution in [0.4, 0.5) is 22.8 Å². The van der Waals surface area contributed by atoms with E-state index in [9.17, 15) is 22.8 Å². The zero-order chi connectivity index (χ0) is 26.9. The summed E-state index contributed by atoms with van der Waals surface area (Å²) in [6.45, 7) is 9.91. The van der Waals surface area contributed by atoms with Gasteiger partial charge in [-0.2, -0.15) is 23.3 Å². The Balaban J connectivity index is 1.78. The molecular formula is C23H26F3N5O5. The summed E-state index contributed by atoms with van der Waals surface area (Å²) in [6.07, 6.45) is -3.42. The molecule has 0 spiro atoms. The van der Waals surface area contributed by atoms with Crippen LogP contribution < -0.4 is 0 Å². The lowest BCUT2D eigenvalue weighted by Crippen LogP contribution is -2.43. The molecule has 0 bridgehead atoms. The molecule has 0 unspecified atom stereocenters. The van der Waals surface area contributed by atoms with Gasteiger partial charge in [-0.1, -0.05) is 5.16 Å². The van der Waals surface area contributed by atoms with Crippen LogP contribution in [0.15, 0.2) is 41.2 Å². The number of carbonyl (C=O) groups is 2. The highest BCUT2D eigenvalue weighted by Crippen LogP contribution is 2.29. The molecule has 0 N–H and O–H groups in total. The molecule has 2 aromatic heterocycles. The minimum Gasteiger partial charge on any atom is -0.443 e. The number of hydrogen-bond acceptors (Lipinski definition) is 8. The van der Waals surface area contributed by atoms with Gasteiger partial charge in [0.25, 0.3) is 0 Å². The van der Waals surface area contributed by atoms with Gasteiger partial charge in [-0.3, -0.25) is 0 Å². The summed E-state index contributed by atoms with van der Waals surface area (Å²) in [7, 11) is 0. The fraction of sp³-hybridized carbons (Fsp3) is 0.435. The van der Waals surface area contributed by atoms with Crippen LogP contribution in [0.25, 0.3) is 17.1 Å². The monoisotopic (exact) mass is 509 g/mol. The number of imide groups is 1. The molecule has 0 aliphatic carbocycles. The molecule has 36 heavy (non-hydrogen) atoms. The maximum absolute atomic E-state index is 12.7. The minimum absolute atomic E-state index is 0.162. The number of ether oxygens (including phenoxy) is 2. The first-order valence-corrected chi connectivity index (χ1v) is 10.8. The number of hydrogen-bond donors (Lipinski definition) is 0. The lowest BCUT2D eigenvalue weighted by atomic mass is 10.2. The second kappa shape index (κ2) is 9.63. The number of carbonyl (C=O) groups excluding carboxylic acids is 2. The van der Waals surface area contributed by atoms with E-state index >= 15 is 0 Å². The molecule has 2 heterocycles. The van der Waals surface area contributed by atoms with Crippen molar-refractivity contribution in [1.29, 1.82) is 0 Å². The third-order valence-electron chi connectivity index (χ3n) is 4.26. The number of amides is 2. The molecule has 0 radical (unpaired) electrons. The first-order chi connectivity index (χ1) is 16.5. The first kappa shape index (κ1) is 26.7. The number of nitrogens with zero attached hydrogens (tertiary/aromatic N) is 5. The highest BCUT2D eigenvalue weighted by atomic mass is 19.4. The molecule has 2 amide bonds. The zero-order valence-corrected chi connectivity index (χ0v) is 20.6. The van der Waals surface area contributed by atoms with Crippen LogP contribution >= 0.6 is 0 Å². The Labute approximate surface area is 205 Å². The van der Waals surface area contributed by atoms with Crippen LogP contribution in [-0.2, 0) is 22.2 Å². The van der Waals surface area contributed by atoms with Gasteiger partial charge in [0.05, 0.1) is 18.4 Å². The van der Waals surface area contributed by atoms with Crippen LogP contribution in [-0.4, -0.2) is 48.2 Å². The predicted octanol–water partition coefficient (Wildman–Crippen LogP) is 5.61. The molecular weight excluding hydrogens is 483 g/mol. The van der Waals surface area contributed by atoms with Gasteiger partial charge in [-0.15, -0.1) is 0 Å². The molecule has 3 aromatic rings. The van der Waals surface area contributed by atoms with Crippen molar-refractivity contribution in [2.24, 2.45) is 0 Å². The van der Waals surface area contributed by atoms with E-state index in [0.29, 0.717) is 16.8 Å². The van der Waals surface area contributed by atoms with Crippen molar-refractivity contribution in [2.45, 2.75) is 65.5 Å². The highest BCUT2D eigenvalue weighted by molar-refractivity contribution is 5.88. The normalized spacial score (nSPS) is 12.4. The Morgan fingerprint density at radius 3 is 2.00 bits per heavy atom. The third-order valence-corrected chi connectivity index (χ3v) is 4.26. The third kappa shape index (κ3) is 7.06. The van der Waals surface area contributed by atoms with E-state index in [1.165, 1.54) is 23.0 Å². The van der Waals surface area contributed by atoms with Gasteiger partial charge in [0.15, 0.2) is 0 Å². The molecule has 13 heteroatoms. The molecule has 0 saturated carbocycles. The van der Waals surface area contributed by atoms with Gasteiger partial charge in [-0.05, 0) is 65.8 Å². The standard InChI is InChI=1S/C23H26F3N5O5/c1-21(2,3)34-19(32)30(20(33)35-22(4,5)6)12-14-11-27-31(13-14)16-9-7-15(8-10-16)17-28-18(36-29-17)23(24,25)26/h7-11,13H,12H2,1-6H3. The van der Waals surface area contributed by atoms with Crippen LogP contribution in [0.5, 0.6) is 0 Å². The van der Waals surface area contributed by atoms with E-state index in [2.05, 4.69) is 19.8 Å². The summed E-state index contributed by atoms with van der Waals surface area (Å²) in [5, 5.41) is 7.59. The largest absolute Gasteiger partial charge is 0.471 e. The Kier molecular flexibility index (Phi) is 7.14. The van der Waals surface area contributed by atoms with Crippen LogP contribution in [0, 0.1) is 0 Å². The Hall–Kier alpha value is -3.90. The molecule has 194 valence electrons. The Morgan fingerprint density at radius 1 is 0.972 bits per heavy atom. The average molecular weight is 509 g/mol. The van der Waals surface area contributed by atoms with Crippen molar-refractivity contribution in [2.75, 3.05) is 0 Å². The maximum atomic E-state index is 12.7. The summed E-state index contributed by atoms with van der Waals surface area (Å²) in [5.41, 5.74) is -0.285. The first-order valence-electron chi connectivity index (χ1n) is 10.8. The summed E-state index contributed by atoms with van der Waals surface area (Å²) in [6, 6.07) is 6.20. The quantitative estimate of drug-likeness (QED) is 0.446. The average Bonchev–Trinajstić information content (AvgIpc) is 3.39. The van der Waals surface area contributed by atoms with Gasteiger partial charge in [0, 0.05) is 17.3 Å². The van der Waals surface area contributed by atoms with E-state index in [4.69, 9.17) is 9.47 Å². The number of halogens is 3. The van der Waals surface area contributed by atoms with Gasteiger partial charge in [-0.25, -0.2) is 19.2 Å². The second-order valence-electron chi connectivity index (χ2n) is 9.81. The molecule has 0 aliphatic heterocycles. The van der Waals surface area contributed by atoms with E-state index in [-0.39, 0.29) is 12.4 Å². The Morgan fingerprint density at radius 2 is 1.53 bits per heavy atom. The second-order valence-corrected chi connectivity index (χ2v) is 9.81. The molecule has 0 fully saturated rings. The molecule has 0 atom stereocenters. The fourth-order valence-corrected chi connectivity index (χ4v) is 2.82. The number of alkyl halides is 3. The fourth-order valence-electron chi connectivity index (χ4n) is 2.82. The molecule has 3 rings (SSSR count). The summed E-state index contributed by atoms with van der Waals surface area (Å²) >= 11 is 0. The SMILES string of the molecule is CC(C)(C)OC(=O)N(Cc1cnn(-c2ccc(-c3noc(C(F)(F)F)n3)cc2)c1)C(=O)OC(C)(C)C. The summed E-state index contributed by atoms with van der Waals surface area (Å²) in [4.78, 5) is 29.6. The molecule has 0 saturated heterocycles. The van der Waals surface area contributed by atoms with Crippen molar-refractivity contribution in [3.8, 4) is 17.1 Å². The lowest BCUT2D eigenvalue weighted by Gasteiger charge is -2.28. The van der Waals surface area contributed by atoms with Crippen molar-refractivity contribution in [1.82, 2.24) is 24.8 Å². The van der Waals surface area contributed by atoms with Crippen molar-refractivity contribution in [3.05, 3.63) is 48.1 Å². The molecule has 0 aliphatic rings. The topological polar surface area (TPSA) is 113 Å². The number of benzene rings is 1. The smallest absolute Gasteiger partial charge is 0.443 e. The zero-order valence-electron chi connectivity index (χ0n) is 20.6. The van der Waals surface area contributed by atoms with E-state index in [0.717, 1.165) is 4.90 Å². The number of rotatable bonds is 4. The molecule has 10 nitrogen and oxygen atoms in total. The van der Waals surface area contributed by atoms with Crippen LogP contribution in [0.3, 0.4) is 0 Å². The molecule has 1 aromatic carbocycles. The summed E-state index contributed by atoms with van der Waals surface area (Å²) < 4.78 is 54.5. The predicted molar refractivity (Wildman–Crippen MR) is 120 cm³/mol. The van der Waals surface area contributed by atoms with Crippen molar-refractivity contribution in [3.63, 3.8) is 0 Å². The lowest BCUT2D eigenvalue weighted by molar-refractivity contribution is -0.159. The van der Waals surface area contributed by atoms with Crippen molar-refractivity contribution >= 4 is 12.2 Å². The van der Waals surface area contributed by atoms with Gasteiger partial charge < -0.3 is 14.0 Å². The maximum Gasteiger partial charge on any atom is 0.471 e. The summed E-state index contributed by atoms with van der Waals surface area (Å²) in [5.74, 6) is -1.64. The van der Waals surface area contributed by atoms with Crippen molar-refractivity contribution < 1.29 is 36.8 Å². The van der Waals surface area contributed by atoms with E-state index in [1.807, 2.05) is 0 Å². The van der Waals surface area contributed by atoms with Gasteiger partial charge in [0.1, 0.15) is 11.2 Å². The van der Waals surface area contributed by atoms with E-state index < -0.39 is 35.5 Å². The van der Waals surface area contributed by atoms with Gasteiger partial charge in [0.2, 0.25) is 5.82 Å². The Bertz CT molecular complexity index is 1190. The van der Waals surface area contributed by atoms with Crippen LogP contribution in [0.2, 0.25) is 0 Å². The van der Waals surface area contributed by atoms with Gasteiger partial charge >= 0.3 is 24.3 Å². The van der Waals surface area contributed by atoms with Crippen LogP contribution in [0.1, 0.15) is 53.0 Å². The highest BCUT2D eigenvalue weighted by Gasteiger charge is 2.38. The van der Waals surface area contributed by atoms with E-state index in [1.54, 1.807) is 59.9 Å². The number of aromatic nitrogens is 4. The minimum atomic E-state index is -4.73.